The zero-order valence-corrected chi connectivity index (χ0v) is 14.8. The Morgan fingerprint density at radius 3 is 2.81 bits per heavy atom. The molecule has 2 aromatic heterocycles. The highest BCUT2D eigenvalue weighted by molar-refractivity contribution is 7.99. The normalized spacial score (nSPS) is 17.1. The summed E-state index contributed by atoms with van der Waals surface area (Å²) < 4.78 is 5.95. The van der Waals surface area contributed by atoms with Gasteiger partial charge in [-0.1, -0.05) is 13.8 Å². The SMILES string of the molecule is CCCSc1nc(CC)nc2sc3c(c12)CC(C)(C)OC3. The molecule has 0 aliphatic carbocycles. The van der Waals surface area contributed by atoms with Crippen LogP contribution >= 0.6 is 23.1 Å². The molecule has 3 heterocycles. The number of aryl methyl sites for hydroxylation is 1. The monoisotopic (exact) mass is 322 g/mol. The van der Waals surface area contributed by atoms with Crippen LogP contribution in [0.5, 0.6) is 0 Å². The van der Waals surface area contributed by atoms with E-state index in [0.29, 0.717) is 6.61 Å². The summed E-state index contributed by atoms with van der Waals surface area (Å²) >= 11 is 3.66. The molecule has 0 bridgehead atoms. The average Bonchev–Trinajstić information content (AvgIpc) is 2.81. The van der Waals surface area contributed by atoms with Crippen LogP contribution in [0.4, 0.5) is 0 Å². The van der Waals surface area contributed by atoms with Gasteiger partial charge in [0.25, 0.3) is 0 Å². The van der Waals surface area contributed by atoms with Crippen LogP contribution in [0, 0.1) is 0 Å². The lowest BCUT2D eigenvalue weighted by atomic mass is 9.95. The molecule has 114 valence electrons. The molecular formula is C16H22N2OS2. The fraction of sp³-hybridized carbons (Fsp3) is 0.625. The van der Waals surface area contributed by atoms with Crippen molar-refractivity contribution in [2.75, 3.05) is 5.75 Å². The molecule has 0 saturated heterocycles. The molecule has 0 amide bonds. The standard InChI is InChI=1S/C16H22N2OS2/c1-5-7-20-14-13-10-8-16(3,4)19-9-11(10)21-15(13)18-12(6-2)17-14/h5-9H2,1-4H3. The average molecular weight is 322 g/mol. The number of rotatable bonds is 4. The molecule has 2 aromatic rings. The van der Waals surface area contributed by atoms with Gasteiger partial charge >= 0.3 is 0 Å². The number of hydrogen-bond acceptors (Lipinski definition) is 5. The summed E-state index contributed by atoms with van der Waals surface area (Å²) in [5.41, 5.74) is 1.34. The summed E-state index contributed by atoms with van der Waals surface area (Å²) in [6.45, 7) is 9.38. The number of thiophene rings is 1. The van der Waals surface area contributed by atoms with Gasteiger partial charge in [-0.15, -0.1) is 23.1 Å². The Morgan fingerprint density at radius 2 is 2.10 bits per heavy atom. The second kappa shape index (κ2) is 5.86. The Balaban J connectivity index is 2.16. The molecule has 1 aliphatic rings. The van der Waals surface area contributed by atoms with E-state index in [2.05, 4.69) is 27.7 Å². The summed E-state index contributed by atoms with van der Waals surface area (Å²) in [6.07, 6.45) is 3.01. The van der Waals surface area contributed by atoms with E-state index in [9.17, 15) is 0 Å². The molecular weight excluding hydrogens is 300 g/mol. The first-order valence-corrected chi connectivity index (χ1v) is 9.42. The lowest BCUT2D eigenvalue weighted by Crippen LogP contribution is -2.31. The first-order chi connectivity index (χ1) is 10.0. The quantitative estimate of drug-likeness (QED) is 0.608. The number of fused-ring (bicyclic) bond motifs is 3. The molecule has 0 aromatic carbocycles. The number of thioether (sulfide) groups is 1. The van der Waals surface area contributed by atoms with Crippen LogP contribution < -0.4 is 0 Å². The molecule has 0 radical (unpaired) electrons. The maximum absolute atomic E-state index is 5.95. The highest BCUT2D eigenvalue weighted by atomic mass is 32.2. The first kappa shape index (κ1) is 15.3. The van der Waals surface area contributed by atoms with Crippen molar-refractivity contribution in [3.63, 3.8) is 0 Å². The molecule has 21 heavy (non-hydrogen) atoms. The molecule has 0 unspecified atom stereocenters. The molecule has 0 spiro atoms. The van der Waals surface area contributed by atoms with Gasteiger partial charge in [-0.2, -0.15) is 0 Å². The van der Waals surface area contributed by atoms with E-state index in [1.54, 1.807) is 11.3 Å². The van der Waals surface area contributed by atoms with Gasteiger partial charge in [0.05, 0.1) is 12.2 Å². The van der Waals surface area contributed by atoms with Crippen molar-refractivity contribution in [3.8, 4) is 0 Å². The van der Waals surface area contributed by atoms with Crippen molar-refractivity contribution in [1.82, 2.24) is 9.97 Å². The van der Waals surface area contributed by atoms with Crippen molar-refractivity contribution < 1.29 is 4.74 Å². The molecule has 3 rings (SSSR count). The molecule has 0 atom stereocenters. The second-order valence-electron chi connectivity index (χ2n) is 6.06. The molecule has 0 fully saturated rings. The van der Waals surface area contributed by atoms with E-state index in [1.165, 1.54) is 27.3 Å². The summed E-state index contributed by atoms with van der Waals surface area (Å²) in [7, 11) is 0. The Labute approximate surface area is 134 Å². The van der Waals surface area contributed by atoms with E-state index in [4.69, 9.17) is 14.7 Å². The lowest BCUT2D eigenvalue weighted by Gasteiger charge is -2.30. The Kier molecular flexibility index (Phi) is 4.26. The van der Waals surface area contributed by atoms with Gasteiger partial charge < -0.3 is 4.74 Å². The third-order valence-corrected chi connectivity index (χ3v) is 5.98. The zero-order chi connectivity index (χ0) is 15.0. The van der Waals surface area contributed by atoms with E-state index < -0.39 is 0 Å². The summed E-state index contributed by atoms with van der Waals surface area (Å²) in [5, 5.41) is 2.47. The Bertz CT molecular complexity index is 664. The van der Waals surface area contributed by atoms with Crippen LogP contribution in [0.2, 0.25) is 0 Å². The predicted octanol–water partition coefficient (Wildman–Crippen LogP) is 4.61. The highest BCUT2D eigenvalue weighted by Crippen LogP contribution is 2.41. The van der Waals surface area contributed by atoms with Crippen LogP contribution in [0.3, 0.4) is 0 Å². The summed E-state index contributed by atoms with van der Waals surface area (Å²) in [6, 6.07) is 0. The molecule has 5 heteroatoms. The molecule has 3 nitrogen and oxygen atoms in total. The fourth-order valence-electron chi connectivity index (χ4n) is 2.61. The van der Waals surface area contributed by atoms with Crippen molar-refractivity contribution in [3.05, 3.63) is 16.3 Å². The minimum Gasteiger partial charge on any atom is -0.370 e. The largest absolute Gasteiger partial charge is 0.370 e. The third kappa shape index (κ3) is 2.96. The number of nitrogens with zero attached hydrogens (tertiary/aromatic N) is 2. The van der Waals surface area contributed by atoms with Crippen LogP contribution in [0.15, 0.2) is 5.03 Å². The maximum Gasteiger partial charge on any atom is 0.131 e. The number of hydrogen-bond donors (Lipinski definition) is 0. The molecule has 1 aliphatic heterocycles. The van der Waals surface area contributed by atoms with Gasteiger partial charge in [0.2, 0.25) is 0 Å². The van der Waals surface area contributed by atoms with Crippen molar-refractivity contribution in [2.24, 2.45) is 0 Å². The smallest absolute Gasteiger partial charge is 0.131 e. The van der Waals surface area contributed by atoms with Crippen LogP contribution in [-0.2, 0) is 24.2 Å². The molecule has 0 N–H and O–H groups in total. The summed E-state index contributed by atoms with van der Waals surface area (Å²) in [4.78, 5) is 12.0. The van der Waals surface area contributed by atoms with E-state index >= 15 is 0 Å². The van der Waals surface area contributed by atoms with Gasteiger partial charge in [-0.3, -0.25) is 0 Å². The van der Waals surface area contributed by atoms with Gasteiger partial charge in [0, 0.05) is 23.1 Å². The molecule has 0 saturated carbocycles. The van der Waals surface area contributed by atoms with Gasteiger partial charge in [0.15, 0.2) is 0 Å². The van der Waals surface area contributed by atoms with Crippen molar-refractivity contribution in [1.29, 1.82) is 0 Å². The second-order valence-corrected chi connectivity index (χ2v) is 8.22. The Hall–Kier alpha value is -0.650. The van der Waals surface area contributed by atoms with E-state index in [0.717, 1.165) is 29.2 Å². The topological polar surface area (TPSA) is 35.0 Å². The predicted molar refractivity (Wildman–Crippen MR) is 90.4 cm³/mol. The van der Waals surface area contributed by atoms with Crippen LogP contribution in [-0.4, -0.2) is 21.3 Å². The van der Waals surface area contributed by atoms with Crippen LogP contribution in [0.25, 0.3) is 10.2 Å². The minimum atomic E-state index is -0.0862. The maximum atomic E-state index is 5.95. The number of aromatic nitrogens is 2. The third-order valence-electron chi connectivity index (χ3n) is 3.70. The number of ether oxygens (including phenoxy) is 1. The minimum absolute atomic E-state index is 0.0862. The van der Waals surface area contributed by atoms with E-state index in [1.807, 2.05) is 11.8 Å². The van der Waals surface area contributed by atoms with Gasteiger partial charge in [-0.05, 0) is 31.6 Å². The lowest BCUT2D eigenvalue weighted by molar-refractivity contribution is -0.0379. The van der Waals surface area contributed by atoms with Crippen LogP contribution in [0.1, 0.15) is 50.4 Å². The van der Waals surface area contributed by atoms with Gasteiger partial charge in [-0.25, -0.2) is 9.97 Å². The van der Waals surface area contributed by atoms with Crippen molar-refractivity contribution >= 4 is 33.3 Å². The first-order valence-electron chi connectivity index (χ1n) is 7.62. The van der Waals surface area contributed by atoms with E-state index in [-0.39, 0.29) is 5.60 Å². The summed E-state index contributed by atoms with van der Waals surface area (Å²) in [5.74, 6) is 2.07. The fourth-order valence-corrected chi connectivity index (χ4v) is 4.73. The van der Waals surface area contributed by atoms with Crippen molar-refractivity contribution in [2.45, 2.75) is 64.2 Å². The zero-order valence-electron chi connectivity index (χ0n) is 13.2. The highest BCUT2D eigenvalue weighted by Gasteiger charge is 2.30. The Morgan fingerprint density at radius 1 is 1.29 bits per heavy atom. The van der Waals surface area contributed by atoms with Gasteiger partial charge in [0.1, 0.15) is 15.7 Å².